The summed E-state index contributed by atoms with van der Waals surface area (Å²) in [5, 5.41) is 16.6. The Labute approximate surface area is 105 Å². The molecule has 0 fully saturated rings. The van der Waals surface area contributed by atoms with Crippen molar-refractivity contribution in [2.75, 3.05) is 0 Å². The van der Waals surface area contributed by atoms with E-state index >= 15 is 0 Å². The van der Waals surface area contributed by atoms with Gasteiger partial charge in [-0.25, -0.2) is 0 Å². The van der Waals surface area contributed by atoms with Gasteiger partial charge in [0.1, 0.15) is 0 Å². The van der Waals surface area contributed by atoms with Crippen molar-refractivity contribution in [2.45, 2.75) is 19.8 Å². The Morgan fingerprint density at radius 1 is 1.27 bits per heavy atom. The normalized spacial score (nSPS) is 8.91. The number of carboxylic acids is 2. The third-order valence-corrected chi connectivity index (χ3v) is 1.17. The molecular formula is C6H12BaO4. The topological polar surface area (TPSA) is 74.6 Å². The molecule has 0 radical (unpaired) electrons. The first kappa shape index (κ1) is 14.1. The van der Waals surface area contributed by atoms with Crippen molar-refractivity contribution in [3.05, 3.63) is 0 Å². The van der Waals surface area contributed by atoms with Gasteiger partial charge >= 0.3 is 60.8 Å². The summed E-state index contributed by atoms with van der Waals surface area (Å²) < 4.78 is 0. The van der Waals surface area contributed by atoms with Crippen molar-refractivity contribution >= 4 is 60.8 Å². The predicted molar refractivity (Wildman–Crippen MR) is 42.2 cm³/mol. The minimum absolute atomic E-state index is 0. The van der Waals surface area contributed by atoms with Crippen LogP contribution in [0.1, 0.15) is 19.8 Å². The van der Waals surface area contributed by atoms with Crippen LogP contribution in [0.5, 0.6) is 0 Å². The Morgan fingerprint density at radius 2 is 1.64 bits per heavy atom. The molecule has 5 heteroatoms. The van der Waals surface area contributed by atoms with Gasteiger partial charge in [0, 0.05) is 0 Å². The zero-order chi connectivity index (χ0) is 8.15. The van der Waals surface area contributed by atoms with Crippen molar-refractivity contribution in [3.8, 4) is 0 Å². The van der Waals surface area contributed by atoms with Crippen molar-refractivity contribution in [1.82, 2.24) is 0 Å². The SMILES string of the molecule is CCCC(C(=O)O)C(=O)O.[BaH2]. The van der Waals surface area contributed by atoms with Crippen LogP contribution in [0.2, 0.25) is 0 Å². The molecule has 4 nitrogen and oxygen atoms in total. The summed E-state index contributed by atoms with van der Waals surface area (Å²) in [5.74, 6) is -3.74. The second kappa shape index (κ2) is 7.18. The molecule has 62 valence electrons. The van der Waals surface area contributed by atoms with Crippen LogP contribution >= 0.6 is 0 Å². The number of aliphatic carboxylic acids is 2. The van der Waals surface area contributed by atoms with E-state index in [2.05, 4.69) is 0 Å². The maximum absolute atomic E-state index is 10.2. The van der Waals surface area contributed by atoms with Crippen LogP contribution in [-0.2, 0) is 9.59 Å². The third-order valence-electron chi connectivity index (χ3n) is 1.17. The van der Waals surface area contributed by atoms with E-state index in [0.717, 1.165) is 0 Å². The Balaban J connectivity index is 0. The zero-order valence-corrected chi connectivity index (χ0v) is 5.70. The molecule has 0 aromatic heterocycles. The molecule has 0 saturated carbocycles. The van der Waals surface area contributed by atoms with E-state index in [1.807, 2.05) is 0 Å². The van der Waals surface area contributed by atoms with Gasteiger partial charge in [-0.15, -0.1) is 0 Å². The van der Waals surface area contributed by atoms with Crippen molar-refractivity contribution in [2.24, 2.45) is 5.92 Å². The van der Waals surface area contributed by atoms with E-state index in [1.165, 1.54) is 0 Å². The summed E-state index contributed by atoms with van der Waals surface area (Å²) in [7, 11) is 0. The molecule has 0 atom stereocenters. The van der Waals surface area contributed by atoms with Crippen LogP contribution in [0.25, 0.3) is 0 Å². The first-order chi connectivity index (χ1) is 4.59. The van der Waals surface area contributed by atoms with Gasteiger partial charge in [-0.1, -0.05) is 13.3 Å². The number of carboxylic acid groups (broad SMARTS) is 2. The first-order valence-corrected chi connectivity index (χ1v) is 3.05. The molecule has 0 amide bonds. The minimum atomic E-state index is -1.26. The van der Waals surface area contributed by atoms with Crippen LogP contribution in [0.15, 0.2) is 0 Å². The molecule has 0 saturated heterocycles. The van der Waals surface area contributed by atoms with Crippen LogP contribution in [-0.4, -0.2) is 71.0 Å². The van der Waals surface area contributed by atoms with E-state index in [-0.39, 0.29) is 55.3 Å². The average Bonchev–Trinajstić information content (AvgIpc) is 1.81. The van der Waals surface area contributed by atoms with E-state index in [0.29, 0.717) is 6.42 Å². The molecule has 2 N–H and O–H groups in total. The van der Waals surface area contributed by atoms with Gasteiger partial charge in [0.15, 0.2) is 5.92 Å². The van der Waals surface area contributed by atoms with Gasteiger partial charge in [-0.3, -0.25) is 9.59 Å². The van der Waals surface area contributed by atoms with Gasteiger partial charge < -0.3 is 10.2 Å². The average molecular weight is 285 g/mol. The first-order valence-electron chi connectivity index (χ1n) is 3.05. The molecule has 0 aliphatic heterocycles. The number of rotatable bonds is 4. The summed E-state index contributed by atoms with van der Waals surface area (Å²) in [6.07, 6.45) is 0.772. The molecule has 0 aromatic rings. The molecule has 0 heterocycles. The second-order valence-electron chi connectivity index (χ2n) is 2.02. The summed E-state index contributed by atoms with van der Waals surface area (Å²) in [4.78, 5) is 20.3. The van der Waals surface area contributed by atoms with Gasteiger partial charge in [-0.2, -0.15) is 0 Å². The maximum atomic E-state index is 10.2. The Kier molecular flexibility index (Phi) is 9.17. The fourth-order valence-corrected chi connectivity index (χ4v) is 0.641. The zero-order valence-electron chi connectivity index (χ0n) is 5.70. The molecule has 0 bridgehead atoms. The van der Waals surface area contributed by atoms with Gasteiger partial charge in [0.25, 0.3) is 0 Å². The quantitative estimate of drug-likeness (QED) is 0.547. The molecule has 0 aromatic carbocycles. The third kappa shape index (κ3) is 5.75. The van der Waals surface area contributed by atoms with Crippen molar-refractivity contribution < 1.29 is 19.8 Å². The number of hydrogen-bond acceptors (Lipinski definition) is 2. The molecule has 0 unspecified atom stereocenters. The second-order valence-corrected chi connectivity index (χ2v) is 2.02. The molecule has 11 heavy (non-hydrogen) atoms. The van der Waals surface area contributed by atoms with E-state index < -0.39 is 17.9 Å². The van der Waals surface area contributed by atoms with Crippen LogP contribution < -0.4 is 0 Å². The van der Waals surface area contributed by atoms with Crippen LogP contribution in [0, 0.1) is 5.92 Å². The molecule has 0 spiro atoms. The van der Waals surface area contributed by atoms with E-state index in [4.69, 9.17) is 10.2 Å². The molecule has 0 aliphatic carbocycles. The van der Waals surface area contributed by atoms with Crippen molar-refractivity contribution in [1.29, 1.82) is 0 Å². The van der Waals surface area contributed by atoms with Gasteiger partial charge in [0.05, 0.1) is 0 Å². The van der Waals surface area contributed by atoms with E-state index in [1.54, 1.807) is 6.92 Å². The summed E-state index contributed by atoms with van der Waals surface area (Å²) in [6.45, 7) is 1.75. The molecule has 0 rings (SSSR count). The van der Waals surface area contributed by atoms with Crippen LogP contribution in [0.3, 0.4) is 0 Å². The Morgan fingerprint density at radius 3 is 1.73 bits per heavy atom. The summed E-state index contributed by atoms with van der Waals surface area (Å²) in [6, 6.07) is 0. The van der Waals surface area contributed by atoms with E-state index in [9.17, 15) is 9.59 Å². The Hall–Kier alpha value is 0.511. The van der Waals surface area contributed by atoms with Gasteiger partial charge in [-0.05, 0) is 6.42 Å². The van der Waals surface area contributed by atoms with Crippen LogP contribution in [0.4, 0.5) is 0 Å². The molecule has 0 aliphatic rings. The number of hydrogen-bond donors (Lipinski definition) is 2. The predicted octanol–water partition coefficient (Wildman–Crippen LogP) is -0.344. The fourth-order valence-electron chi connectivity index (χ4n) is 0.641. The fraction of sp³-hybridized carbons (Fsp3) is 0.667. The standard InChI is InChI=1S/C6H10O4.Ba.2H/c1-2-3-4(5(7)8)6(9)10;;;/h4H,2-3H2,1H3,(H,7,8)(H,9,10);;;. The monoisotopic (exact) mass is 286 g/mol. The molecular weight excluding hydrogens is 273 g/mol. The summed E-state index contributed by atoms with van der Waals surface area (Å²) in [5.41, 5.74) is 0. The summed E-state index contributed by atoms with van der Waals surface area (Å²) >= 11 is 0. The van der Waals surface area contributed by atoms with Crippen molar-refractivity contribution in [3.63, 3.8) is 0 Å². The number of carbonyl (C=O) groups is 2. The Bertz CT molecular complexity index is 132. The van der Waals surface area contributed by atoms with Gasteiger partial charge in [0.2, 0.25) is 0 Å².